The first-order valence-electron chi connectivity index (χ1n) is 12.0. The predicted molar refractivity (Wildman–Crippen MR) is 131 cm³/mol. The minimum absolute atomic E-state index is 0.0215. The van der Waals surface area contributed by atoms with Gasteiger partial charge in [0.2, 0.25) is 0 Å². The first-order valence-corrected chi connectivity index (χ1v) is 12.0. The molecule has 0 spiro atoms. The second-order valence-corrected chi connectivity index (χ2v) is 9.12. The van der Waals surface area contributed by atoms with Crippen LogP contribution in [0.4, 0.5) is 30.2 Å². The molecule has 2 fully saturated rings. The van der Waals surface area contributed by atoms with E-state index in [-0.39, 0.29) is 54.9 Å². The third-order valence-corrected chi connectivity index (χ3v) is 6.61. The van der Waals surface area contributed by atoms with E-state index in [0.717, 1.165) is 0 Å². The summed E-state index contributed by atoms with van der Waals surface area (Å²) < 4.78 is 51.4. The number of amidine groups is 1. The molecule has 0 radical (unpaired) electrons. The first-order chi connectivity index (χ1) is 18.5. The number of carbonyl (C=O) groups is 3. The van der Waals surface area contributed by atoms with E-state index in [2.05, 4.69) is 10.6 Å². The van der Waals surface area contributed by atoms with Crippen LogP contribution in [0.15, 0.2) is 36.4 Å². The van der Waals surface area contributed by atoms with Gasteiger partial charge in [-0.3, -0.25) is 19.8 Å². The van der Waals surface area contributed by atoms with E-state index in [1.54, 1.807) is 24.3 Å². The van der Waals surface area contributed by atoms with Crippen molar-refractivity contribution >= 4 is 40.6 Å². The topological polar surface area (TPSA) is 144 Å². The molecule has 0 aliphatic carbocycles. The van der Waals surface area contributed by atoms with Crippen LogP contribution in [-0.2, 0) is 36.6 Å². The lowest BCUT2D eigenvalue weighted by atomic mass is 10.0. The molecule has 3 aliphatic heterocycles. The van der Waals surface area contributed by atoms with Gasteiger partial charge in [-0.2, -0.15) is 13.2 Å². The van der Waals surface area contributed by atoms with Crippen molar-refractivity contribution in [1.82, 2.24) is 5.32 Å². The quantitative estimate of drug-likeness (QED) is 0.441. The number of hydrogen-bond donors (Lipinski definition) is 4. The average Bonchev–Trinajstić information content (AvgIpc) is 3.28. The van der Waals surface area contributed by atoms with Crippen LogP contribution in [-0.4, -0.2) is 73.8 Å². The number of morpholine rings is 2. The number of nitrogens with one attached hydrogen (secondary N) is 3. The van der Waals surface area contributed by atoms with E-state index < -0.39 is 35.8 Å². The molecule has 0 bridgehead atoms. The summed E-state index contributed by atoms with van der Waals surface area (Å²) >= 11 is 0. The van der Waals surface area contributed by atoms with Gasteiger partial charge in [0, 0.05) is 42.3 Å². The number of ether oxygens (including phenoxy) is 2. The maximum Gasteiger partial charge on any atom is 0.417 e. The van der Waals surface area contributed by atoms with Crippen LogP contribution in [0.1, 0.15) is 16.7 Å². The molecule has 14 heteroatoms. The number of aliphatic hydroxyl groups excluding tert-OH is 1. The van der Waals surface area contributed by atoms with Crippen LogP contribution in [0.2, 0.25) is 0 Å². The van der Waals surface area contributed by atoms with Crippen LogP contribution in [0.25, 0.3) is 0 Å². The smallest absolute Gasteiger partial charge is 0.380 e. The van der Waals surface area contributed by atoms with Gasteiger partial charge >= 0.3 is 6.18 Å². The fraction of sp³-hybridized carbons (Fsp3) is 0.360. The van der Waals surface area contributed by atoms with E-state index in [0.29, 0.717) is 30.6 Å². The minimum atomic E-state index is -4.79. The molecule has 2 saturated heterocycles. The van der Waals surface area contributed by atoms with Crippen LogP contribution in [0.5, 0.6) is 0 Å². The van der Waals surface area contributed by atoms with E-state index >= 15 is 0 Å². The Balaban J connectivity index is 1.33. The first kappa shape index (κ1) is 26.6. The van der Waals surface area contributed by atoms with Crippen LogP contribution in [0, 0.1) is 5.41 Å². The molecule has 4 N–H and O–H groups in total. The third-order valence-electron chi connectivity index (χ3n) is 6.61. The Morgan fingerprint density at radius 2 is 1.85 bits per heavy atom. The highest BCUT2D eigenvalue weighted by Crippen LogP contribution is 2.37. The Morgan fingerprint density at radius 1 is 1.13 bits per heavy atom. The largest absolute Gasteiger partial charge is 0.417 e. The van der Waals surface area contributed by atoms with Crippen molar-refractivity contribution < 1.29 is 42.1 Å². The second-order valence-electron chi connectivity index (χ2n) is 9.12. The van der Waals surface area contributed by atoms with Crippen LogP contribution in [0.3, 0.4) is 0 Å². The number of amides is 3. The van der Waals surface area contributed by atoms with Crippen LogP contribution < -0.4 is 20.4 Å². The minimum Gasteiger partial charge on any atom is -0.380 e. The lowest BCUT2D eigenvalue weighted by Crippen LogP contribution is -2.55. The van der Waals surface area contributed by atoms with Crippen molar-refractivity contribution in [3.8, 4) is 0 Å². The molecule has 3 heterocycles. The van der Waals surface area contributed by atoms with E-state index in [4.69, 9.17) is 14.9 Å². The van der Waals surface area contributed by atoms with Gasteiger partial charge in [-0.05, 0) is 35.9 Å². The summed E-state index contributed by atoms with van der Waals surface area (Å²) in [6.45, 7) is 0.713. The second kappa shape index (κ2) is 10.3. The number of aliphatic hydroxyl groups is 1. The van der Waals surface area contributed by atoms with E-state index in [1.165, 1.54) is 15.9 Å². The number of fused-ring (bicyclic) bond motifs is 1. The lowest BCUT2D eigenvalue weighted by molar-refractivity contribution is -0.150. The summed E-state index contributed by atoms with van der Waals surface area (Å²) in [6.07, 6.45) is -8.42. The number of benzene rings is 2. The average molecular weight is 547 g/mol. The molecule has 39 heavy (non-hydrogen) atoms. The van der Waals surface area contributed by atoms with Crippen molar-refractivity contribution in [2.24, 2.45) is 0 Å². The number of hydrogen-bond acceptors (Lipinski definition) is 7. The normalized spacial score (nSPS) is 20.5. The van der Waals surface area contributed by atoms with Gasteiger partial charge in [-0.1, -0.05) is 6.07 Å². The van der Waals surface area contributed by atoms with E-state index in [9.17, 15) is 32.7 Å². The zero-order valence-electron chi connectivity index (χ0n) is 20.4. The SMILES string of the molecule is N=C1NCc2cc(NC(=O)[C@H](O)[C@H]3OCCN(c4cccc(N5CCOCC5=O)c4)C3=O)cc(C(F)(F)F)c21. The summed E-state index contributed by atoms with van der Waals surface area (Å²) in [5, 5.41) is 23.2. The highest BCUT2D eigenvalue weighted by atomic mass is 19.4. The van der Waals surface area contributed by atoms with Crippen molar-refractivity contribution in [2.45, 2.75) is 24.9 Å². The zero-order valence-corrected chi connectivity index (χ0v) is 20.4. The Hall–Kier alpha value is -4.01. The summed E-state index contributed by atoms with van der Waals surface area (Å²) in [6, 6.07) is 8.59. The summed E-state index contributed by atoms with van der Waals surface area (Å²) in [5.74, 6) is -2.46. The molecule has 3 amide bonds. The van der Waals surface area contributed by atoms with Gasteiger partial charge in [0.1, 0.15) is 12.4 Å². The van der Waals surface area contributed by atoms with Crippen molar-refractivity contribution in [3.05, 3.63) is 53.1 Å². The molecule has 206 valence electrons. The predicted octanol–water partition coefficient (Wildman–Crippen LogP) is 1.23. The van der Waals surface area contributed by atoms with Crippen molar-refractivity contribution in [1.29, 1.82) is 5.41 Å². The van der Waals surface area contributed by atoms with Crippen molar-refractivity contribution in [2.75, 3.05) is 48.0 Å². The Bertz CT molecular complexity index is 1350. The number of alkyl halides is 3. The lowest BCUT2D eigenvalue weighted by Gasteiger charge is -2.35. The number of rotatable bonds is 5. The highest BCUT2D eigenvalue weighted by molar-refractivity contribution is 6.06. The Kier molecular flexibility index (Phi) is 7.01. The Morgan fingerprint density at radius 3 is 2.56 bits per heavy atom. The van der Waals surface area contributed by atoms with Gasteiger partial charge in [0.25, 0.3) is 17.7 Å². The van der Waals surface area contributed by atoms with Crippen LogP contribution >= 0.6 is 0 Å². The molecule has 2 aromatic rings. The number of halogens is 3. The highest BCUT2D eigenvalue weighted by Gasteiger charge is 2.41. The molecule has 0 saturated carbocycles. The summed E-state index contributed by atoms with van der Waals surface area (Å²) in [5.41, 5.74) is -0.521. The maximum absolute atomic E-state index is 13.6. The summed E-state index contributed by atoms with van der Waals surface area (Å²) in [7, 11) is 0. The standard InChI is InChI=1S/C25H24F3N5O6/c26-25(27,28)17-9-14(8-13-11-30-22(29)19(13)17)31-23(36)20(35)21-24(37)33(5-7-39-21)16-3-1-2-15(10-16)32-4-6-38-12-18(32)34/h1-3,8-10,20-21,35H,4-7,11-12H2,(H2,29,30)(H,31,36)/t20-,21-/m1/s1. The van der Waals surface area contributed by atoms with E-state index in [1.807, 2.05) is 0 Å². The zero-order chi connectivity index (χ0) is 27.9. The molecule has 0 aromatic heterocycles. The molecule has 3 aliphatic rings. The van der Waals surface area contributed by atoms with Gasteiger partial charge in [0.15, 0.2) is 12.2 Å². The Labute approximate surface area is 220 Å². The van der Waals surface area contributed by atoms with Crippen molar-refractivity contribution in [3.63, 3.8) is 0 Å². The maximum atomic E-state index is 13.6. The number of anilines is 3. The molecule has 11 nitrogen and oxygen atoms in total. The third kappa shape index (κ3) is 5.17. The van der Waals surface area contributed by atoms with Gasteiger partial charge in [0.05, 0.1) is 18.8 Å². The number of nitrogens with zero attached hydrogens (tertiary/aromatic N) is 2. The molecular weight excluding hydrogens is 523 g/mol. The fourth-order valence-electron chi connectivity index (χ4n) is 4.77. The number of carbonyl (C=O) groups excluding carboxylic acids is 3. The fourth-order valence-corrected chi connectivity index (χ4v) is 4.77. The molecular formula is C25H24F3N5O6. The molecule has 0 unspecified atom stereocenters. The molecule has 2 aromatic carbocycles. The van der Waals surface area contributed by atoms with Gasteiger partial charge in [-0.15, -0.1) is 0 Å². The monoisotopic (exact) mass is 547 g/mol. The molecule has 5 rings (SSSR count). The summed E-state index contributed by atoms with van der Waals surface area (Å²) in [4.78, 5) is 41.1. The molecule has 2 atom stereocenters. The van der Waals surface area contributed by atoms with Gasteiger partial charge < -0.3 is 35.0 Å². The van der Waals surface area contributed by atoms with Gasteiger partial charge in [-0.25, -0.2) is 0 Å².